The number of hydrogen-bond acceptors (Lipinski definition) is 3. The highest BCUT2D eigenvalue weighted by Gasteiger charge is 2.10. The van der Waals surface area contributed by atoms with Crippen LogP contribution < -0.4 is 0 Å². The monoisotopic (exact) mass is 217 g/mol. The zero-order chi connectivity index (χ0) is 10.8. The molecule has 2 aromatic heterocycles. The third-order valence-corrected chi connectivity index (χ3v) is 2.81. The lowest BCUT2D eigenvalue weighted by Gasteiger charge is -2.01. The normalized spacial score (nSPS) is 10.3. The molecule has 0 unspecified atom stereocenters. The van der Waals surface area contributed by atoms with E-state index in [2.05, 4.69) is 4.98 Å². The molecule has 0 fully saturated rings. The molecule has 0 saturated carbocycles. The standard InChI is InChI=1S/C12H11NOS/c1-8-5-11(6-9(2)13-8)12(14)10-3-4-15-7-10/h3-7H,1-2H3. The van der Waals surface area contributed by atoms with Crippen molar-refractivity contribution >= 4 is 17.1 Å². The first-order valence-corrected chi connectivity index (χ1v) is 5.63. The van der Waals surface area contributed by atoms with Crippen LogP contribution in [0, 0.1) is 13.8 Å². The maximum atomic E-state index is 12.0. The largest absolute Gasteiger partial charge is 0.289 e. The van der Waals surface area contributed by atoms with E-state index in [1.165, 1.54) is 11.3 Å². The maximum absolute atomic E-state index is 12.0. The molecule has 0 amide bonds. The minimum Gasteiger partial charge on any atom is -0.289 e. The van der Waals surface area contributed by atoms with Gasteiger partial charge in [0, 0.05) is 27.9 Å². The van der Waals surface area contributed by atoms with Gasteiger partial charge < -0.3 is 0 Å². The van der Waals surface area contributed by atoms with E-state index < -0.39 is 0 Å². The second kappa shape index (κ2) is 3.95. The highest BCUT2D eigenvalue weighted by atomic mass is 32.1. The molecule has 0 N–H and O–H groups in total. The maximum Gasteiger partial charge on any atom is 0.193 e. The Morgan fingerprint density at radius 3 is 2.40 bits per heavy atom. The minimum atomic E-state index is 0.0739. The van der Waals surface area contributed by atoms with Crippen molar-refractivity contribution in [2.24, 2.45) is 0 Å². The van der Waals surface area contributed by atoms with E-state index in [1.54, 1.807) is 0 Å². The van der Waals surface area contributed by atoms with Crippen molar-refractivity contribution in [3.8, 4) is 0 Å². The second-order valence-corrected chi connectivity index (χ2v) is 4.26. The van der Waals surface area contributed by atoms with Crippen molar-refractivity contribution in [1.29, 1.82) is 0 Å². The molecular formula is C12H11NOS. The Morgan fingerprint density at radius 1 is 1.20 bits per heavy atom. The van der Waals surface area contributed by atoms with Crippen molar-refractivity contribution in [1.82, 2.24) is 4.98 Å². The Hall–Kier alpha value is -1.48. The number of aryl methyl sites for hydroxylation is 2. The van der Waals surface area contributed by atoms with Gasteiger partial charge in [0.1, 0.15) is 0 Å². The average molecular weight is 217 g/mol. The Kier molecular flexibility index (Phi) is 2.64. The van der Waals surface area contributed by atoms with Gasteiger partial charge in [0.15, 0.2) is 5.78 Å². The van der Waals surface area contributed by atoms with Gasteiger partial charge in [0.25, 0.3) is 0 Å². The third-order valence-electron chi connectivity index (χ3n) is 2.13. The van der Waals surface area contributed by atoms with Gasteiger partial charge in [-0.15, -0.1) is 0 Å². The van der Waals surface area contributed by atoms with Gasteiger partial charge in [-0.3, -0.25) is 9.78 Å². The first-order valence-electron chi connectivity index (χ1n) is 4.69. The lowest BCUT2D eigenvalue weighted by molar-refractivity contribution is 0.103. The molecule has 2 heterocycles. The highest BCUT2D eigenvalue weighted by molar-refractivity contribution is 7.08. The van der Waals surface area contributed by atoms with Gasteiger partial charge in [-0.25, -0.2) is 0 Å². The fourth-order valence-corrected chi connectivity index (χ4v) is 2.16. The van der Waals surface area contributed by atoms with E-state index in [1.807, 2.05) is 42.8 Å². The molecule has 2 aromatic rings. The zero-order valence-electron chi connectivity index (χ0n) is 8.65. The average Bonchev–Trinajstić information content (AvgIpc) is 2.67. The number of hydrogen-bond donors (Lipinski definition) is 0. The van der Waals surface area contributed by atoms with Crippen LogP contribution in [0.15, 0.2) is 29.0 Å². The number of pyridine rings is 1. The predicted octanol–water partition coefficient (Wildman–Crippen LogP) is 2.99. The second-order valence-electron chi connectivity index (χ2n) is 3.48. The molecule has 0 radical (unpaired) electrons. The Labute approximate surface area is 92.6 Å². The van der Waals surface area contributed by atoms with E-state index in [9.17, 15) is 4.79 Å². The van der Waals surface area contributed by atoms with Gasteiger partial charge >= 0.3 is 0 Å². The van der Waals surface area contributed by atoms with Crippen LogP contribution in [0.5, 0.6) is 0 Å². The number of nitrogens with zero attached hydrogens (tertiary/aromatic N) is 1. The highest BCUT2D eigenvalue weighted by Crippen LogP contribution is 2.14. The van der Waals surface area contributed by atoms with E-state index >= 15 is 0 Å². The quantitative estimate of drug-likeness (QED) is 0.724. The van der Waals surface area contributed by atoms with Crippen molar-refractivity contribution in [3.63, 3.8) is 0 Å². The summed E-state index contributed by atoms with van der Waals surface area (Å²) in [4.78, 5) is 16.2. The predicted molar refractivity (Wildman–Crippen MR) is 61.5 cm³/mol. The molecule has 0 saturated heterocycles. The van der Waals surface area contributed by atoms with Gasteiger partial charge in [-0.05, 0) is 37.4 Å². The summed E-state index contributed by atoms with van der Waals surface area (Å²) < 4.78 is 0. The third kappa shape index (κ3) is 2.13. The van der Waals surface area contributed by atoms with Crippen LogP contribution in [0.4, 0.5) is 0 Å². The summed E-state index contributed by atoms with van der Waals surface area (Å²) >= 11 is 1.53. The van der Waals surface area contributed by atoms with E-state index in [-0.39, 0.29) is 5.78 Å². The van der Waals surface area contributed by atoms with Crippen LogP contribution in [-0.2, 0) is 0 Å². The number of thiophene rings is 1. The SMILES string of the molecule is Cc1cc(C(=O)c2ccsc2)cc(C)n1. The van der Waals surface area contributed by atoms with Crippen LogP contribution in [0.3, 0.4) is 0 Å². The molecule has 2 rings (SSSR count). The van der Waals surface area contributed by atoms with Gasteiger partial charge in [-0.1, -0.05) is 0 Å². The number of aromatic nitrogens is 1. The first-order chi connectivity index (χ1) is 7.16. The van der Waals surface area contributed by atoms with Gasteiger partial charge in [-0.2, -0.15) is 11.3 Å². The molecule has 0 bridgehead atoms. The van der Waals surface area contributed by atoms with Crippen molar-refractivity contribution < 1.29 is 4.79 Å². The summed E-state index contributed by atoms with van der Waals surface area (Å²) in [5.74, 6) is 0.0739. The lowest BCUT2D eigenvalue weighted by Crippen LogP contribution is -2.01. The van der Waals surface area contributed by atoms with E-state index in [4.69, 9.17) is 0 Å². The van der Waals surface area contributed by atoms with Crippen LogP contribution >= 0.6 is 11.3 Å². The molecule has 15 heavy (non-hydrogen) atoms. The summed E-state index contributed by atoms with van der Waals surface area (Å²) in [6.07, 6.45) is 0. The number of carbonyl (C=O) groups excluding carboxylic acids is 1. The molecule has 76 valence electrons. The van der Waals surface area contributed by atoms with Crippen molar-refractivity contribution in [2.45, 2.75) is 13.8 Å². The molecule has 0 aromatic carbocycles. The van der Waals surface area contributed by atoms with Crippen LogP contribution in [0.2, 0.25) is 0 Å². The molecule has 2 nitrogen and oxygen atoms in total. The Morgan fingerprint density at radius 2 is 1.87 bits per heavy atom. The molecule has 0 aliphatic heterocycles. The number of rotatable bonds is 2. The summed E-state index contributed by atoms with van der Waals surface area (Å²) in [6.45, 7) is 3.80. The van der Waals surface area contributed by atoms with Gasteiger partial charge in [0.05, 0.1) is 0 Å². The summed E-state index contributed by atoms with van der Waals surface area (Å²) in [6, 6.07) is 5.50. The molecular weight excluding hydrogens is 206 g/mol. The smallest absolute Gasteiger partial charge is 0.193 e. The van der Waals surface area contributed by atoms with Crippen LogP contribution in [0.25, 0.3) is 0 Å². The molecule has 0 aliphatic rings. The van der Waals surface area contributed by atoms with E-state index in [0.717, 1.165) is 22.5 Å². The summed E-state index contributed by atoms with van der Waals surface area (Å²) in [5.41, 5.74) is 3.24. The number of ketones is 1. The lowest BCUT2D eigenvalue weighted by atomic mass is 10.1. The zero-order valence-corrected chi connectivity index (χ0v) is 9.47. The molecule has 3 heteroatoms. The molecule has 0 aliphatic carbocycles. The summed E-state index contributed by atoms with van der Waals surface area (Å²) in [7, 11) is 0. The van der Waals surface area contributed by atoms with Crippen molar-refractivity contribution in [2.75, 3.05) is 0 Å². The number of carbonyl (C=O) groups is 1. The fraction of sp³-hybridized carbons (Fsp3) is 0.167. The fourth-order valence-electron chi connectivity index (χ4n) is 1.53. The van der Waals surface area contributed by atoms with Crippen LogP contribution in [0.1, 0.15) is 27.3 Å². The van der Waals surface area contributed by atoms with Crippen molar-refractivity contribution in [3.05, 3.63) is 51.5 Å². The van der Waals surface area contributed by atoms with Gasteiger partial charge in [0.2, 0.25) is 0 Å². The van der Waals surface area contributed by atoms with E-state index in [0.29, 0.717) is 0 Å². The minimum absolute atomic E-state index is 0.0739. The summed E-state index contributed by atoms with van der Waals surface area (Å²) in [5, 5.41) is 3.78. The first kappa shape index (κ1) is 10.1. The topological polar surface area (TPSA) is 30.0 Å². The molecule has 0 spiro atoms. The van der Waals surface area contributed by atoms with Crippen LogP contribution in [-0.4, -0.2) is 10.8 Å². The Balaban J connectivity index is 2.42. The molecule has 0 atom stereocenters. The Bertz CT molecular complexity index is 468.